The highest BCUT2D eigenvalue weighted by Crippen LogP contribution is 2.17. The Morgan fingerprint density at radius 2 is 1.95 bits per heavy atom. The summed E-state index contributed by atoms with van der Waals surface area (Å²) in [6.45, 7) is 0.125. The Morgan fingerprint density at radius 1 is 1.19 bits per heavy atom. The first-order valence-corrected chi connectivity index (χ1v) is 6.20. The van der Waals surface area contributed by atoms with Gasteiger partial charge in [0.1, 0.15) is 5.75 Å². The second kappa shape index (κ2) is 6.42. The molecule has 2 N–H and O–H groups in total. The van der Waals surface area contributed by atoms with Gasteiger partial charge in [0.2, 0.25) is 5.88 Å². The van der Waals surface area contributed by atoms with Crippen molar-refractivity contribution in [2.75, 3.05) is 14.2 Å². The SMILES string of the molecule is COc1ccc(=O)n(Cc2cc(B(O)O)ccc2OC)n1. The van der Waals surface area contributed by atoms with E-state index < -0.39 is 7.12 Å². The fourth-order valence-electron chi connectivity index (χ4n) is 1.90. The molecule has 8 heteroatoms. The Bertz CT molecular complexity index is 687. The zero-order valence-electron chi connectivity index (χ0n) is 11.7. The van der Waals surface area contributed by atoms with Crippen molar-refractivity contribution in [3.8, 4) is 11.6 Å². The fraction of sp³-hybridized carbons (Fsp3) is 0.231. The van der Waals surface area contributed by atoms with Crippen molar-refractivity contribution in [2.24, 2.45) is 0 Å². The van der Waals surface area contributed by atoms with Crippen LogP contribution in [-0.2, 0) is 6.54 Å². The van der Waals surface area contributed by atoms with E-state index in [0.717, 1.165) is 0 Å². The van der Waals surface area contributed by atoms with Crippen LogP contribution in [0, 0.1) is 0 Å². The van der Waals surface area contributed by atoms with Crippen molar-refractivity contribution < 1.29 is 19.5 Å². The predicted octanol–water partition coefficient (Wildman–Crippen LogP) is -1.01. The molecule has 1 heterocycles. The number of nitrogens with zero attached hydrogens (tertiary/aromatic N) is 2. The molecule has 1 aromatic heterocycles. The molecule has 0 radical (unpaired) electrons. The molecule has 0 aliphatic heterocycles. The molecule has 0 unspecified atom stereocenters. The molecule has 7 nitrogen and oxygen atoms in total. The van der Waals surface area contributed by atoms with Gasteiger partial charge in [0.25, 0.3) is 5.56 Å². The van der Waals surface area contributed by atoms with Crippen LogP contribution in [0.5, 0.6) is 11.6 Å². The minimum absolute atomic E-state index is 0.125. The highest BCUT2D eigenvalue weighted by atomic mass is 16.5. The summed E-state index contributed by atoms with van der Waals surface area (Å²) in [5.74, 6) is 0.836. The van der Waals surface area contributed by atoms with Crippen LogP contribution in [0.1, 0.15) is 5.56 Å². The molecule has 0 saturated carbocycles. The highest BCUT2D eigenvalue weighted by Gasteiger charge is 2.15. The van der Waals surface area contributed by atoms with E-state index in [1.807, 2.05) is 0 Å². The Balaban J connectivity index is 2.42. The molecule has 0 atom stereocenters. The van der Waals surface area contributed by atoms with Gasteiger partial charge in [-0.2, -0.15) is 0 Å². The van der Waals surface area contributed by atoms with Gasteiger partial charge in [-0.15, -0.1) is 5.10 Å². The molecular weight excluding hydrogens is 275 g/mol. The van der Waals surface area contributed by atoms with Gasteiger partial charge in [0.15, 0.2) is 0 Å². The zero-order valence-corrected chi connectivity index (χ0v) is 11.7. The molecule has 0 aliphatic rings. The van der Waals surface area contributed by atoms with Gasteiger partial charge >= 0.3 is 7.12 Å². The van der Waals surface area contributed by atoms with E-state index in [1.54, 1.807) is 12.1 Å². The molecule has 0 fully saturated rings. The molecule has 1 aromatic carbocycles. The van der Waals surface area contributed by atoms with Crippen molar-refractivity contribution in [3.63, 3.8) is 0 Å². The third-order valence-corrected chi connectivity index (χ3v) is 2.97. The molecule has 0 aliphatic carbocycles. The van der Waals surface area contributed by atoms with Crippen molar-refractivity contribution in [1.29, 1.82) is 0 Å². The van der Waals surface area contributed by atoms with Gasteiger partial charge in [-0.3, -0.25) is 4.79 Å². The number of hydrogen-bond acceptors (Lipinski definition) is 6. The molecule has 0 spiro atoms. The standard InChI is InChI=1S/C13H15BN2O5/c1-20-11-4-3-10(14(18)19)7-9(11)8-16-13(17)6-5-12(15-16)21-2/h3-7,18-19H,8H2,1-2H3. The first-order chi connectivity index (χ1) is 10.0. The normalized spacial score (nSPS) is 10.3. The molecule has 2 aromatic rings. The molecule has 2 rings (SSSR count). The summed E-state index contributed by atoms with van der Waals surface area (Å²) in [5.41, 5.74) is 0.612. The maximum absolute atomic E-state index is 11.8. The van der Waals surface area contributed by atoms with Crippen LogP contribution in [0.15, 0.2) is 35.1 Å². The van der Waals surface area contributed by atoms with E-state index >= 15 is 0 Å². The topological polar surface area (TPSA) is 93.8 Å². The van der Waals surface area contributed by atoms with E-state index in [-0.39, 0.29) is 12.1 Å². The Hall–Kier alpha value is -2.32. The van der Waals surface area contributed by atoms with E-state index in [9.17, 15) is 14.8 Å². The van der Waals surface area contributed by atoms with Crippen molar-refractivity contribution in [1.82, 2.24) is 9.78 Å². The van der Waals surface area contributed by atoms with Crippen molar-refractivity contribution in [2.45, 2.75) is 6.54 Å². The van der Waals surface area contributed by atoms with Crippen LogP contribution in [0.4, 0.5) is 0 Å². The number of benzene rings is 1. The largest absolute Gasteiger partial charge is 0.496 e. The lowest BCUT2D eigenvalue weighted by molar-refractivity contribution is 0.376. The van der Waals surface area contributed by atoms with Gasteiger partial charge < -0.3 is 19.5 Å². The summed E-state index contributed by atoms with van der Waals surface area (Å²) >= 11 is 0. The zero-order chi connectivity index (χ0) is 15.4. The quantitative estimate of drug-likeness (QED) is 0.685. The summed E-state index contributed by atoms with van der Waals surface area (Å²) < 4.78 is 11.4. The minimum atomic E-state index is -1.59. The number of hydrogen-bond donors (Lipinski definition) is 2. The predicted molar refractivity (Wildman–Crippen MR) is 77.0 cm³/mol. The number of methoxy groups -OCH3 is 2. The van der Waals surface area contributed by atoms with Crippen molar-refractivity contribution >= 4 is 12.6 Å². The summed E-state index contributed by atoms with van der Waals surface area (Å²) in [6, 6.07) is 7.52. The smallest absolute Gasteiger partial charge is 0.488 e. The second-order valence-electron chi connectivity index (χ2n) is 4.32. The summed E-state index contributed by atoms with van der Waals surface area (Å²) in [7, 11) is 1.36. The van der Waals surface area contributed by atoms with Crippen molar-refractivity contribution in [3.05, 3.63) is 46.2 Å². The van der Waals surface area contributed by atoms with Crippen LogP contribution in [0.2, 0.25) is 0 Å². The lowest BCUT2D eigenvalue weighted by Gasteiger charge is -2.12. The average molecular weight is 290 g/mol. The number of rotatable bonds is 5. The first-order valence-electron chi connectivity index (χ1n) is 6.20. The minimum Gasteiger partial charge on any atom is -0.496 e. The van der Waals surface area contributed by atoms with E-state index in [1.165, 1.54) is 37.1 Å². The van der Waals surface area contributed by atoms with Gasteiger partial charge in [0.05, 0.1) is 20.8 Å². The van der Waals surface area contributed by atoms with E-state index in [2.05, 4.69) is 5.10 Å². The Labute approximate surface area is 121 Å². The highest BCUT2D eigenvalue weighted by molar-refractivity contribution is 6.58. The maximum atomic E-state index is 11.8. The first kappa shape index (κ1) is 15.1. The van der Waals surface area contributed by atoms with Crippen LogP contribution in [0.3, 0.4) is 0 Å². The summed E-state index contributed by atoms with van der Waals surface area (Å²) in [5, 5.41) is 22.5. The van der Waals surface area contributed by atoms with Crippen LogP contribution in [0.25, 0.3) is 0 Å². The molecule has 0 amide bonds. The molecule has 0 bridgehead atoms. The molecule has 21 heavy (non-hydrogen) atoms. The second-order valence-corrected chi connectivity index (χ2v) is 4.32. The monoisotopic (exact) mass is 290 g/mol. The lowest BCUT2D eigenvalue weighted by atomic mass is 9.79. The van der Waals surface area contributed by atoms with Gasteiger partial charge in [-0.25, -0.2) is 4.68 Å². The third-order valence-electron chi connectivity index (χ3n) is 2.97. The van der Waals surface area contributed by atoms with Gasteiger partial charge in [0, 0.05) is 17.7 Å². The molecule has 0 saturated heterocycles. The van der Waals surface area contributed by atoms with E-state index in [4.69, 9.17) is 9.47 Å². The fourth-order valence-corrected chi connectivity index (χ4v) is 1.90. The number of aromatic nitrogens is 2. The number of ether oxygens (including phenoxy) is 2. The average Bonchev–Trinajstić information content (AvgIpc) is 2.49. The summed E-state index contributed by atoms with van der Waals surface area (Å²) in [4.78, 5) is 11.8. The Morgan fingerprint density at radius 3 is 2.57 bits per heavy atom. The summed E-state index contributed by atoms with van der Waals surface area (Å²) in [6.07, 6.45) is 0. The van der Waals surface area contributed by atoms with E-state index in [0.29, 0.717) is 22.7 Å². The Kier molecular flexibility index (Phi) is 4.61. The molecule has 110 valence electrons. The van der Waals surface area contributed by atoms with Crippen LogP contribution >= 0.6 is 0 Å². The maximum Gasteiger partial charge on any atom is 0.488 e. The third kappa shape index (κ3) is 3.42. The van der Waals surface area contributed by atoms with Gasteiger partial charge in [-0.05, 0) is 11.5 Å². The van der Waals surface area contributed by atoms with Crippen LogP contribution < -0.4 is 20.5 Å². The van der Waals surface area contributed by atoms with Crippen LogP contribution in [-0.4, -0.2) is 41.2 Å². The molecular formula is C13H15BN2O5. The lowest BCUT2D eigenvalue weighted by Crippen LogP contribution is -2.31. The van der Waals surface area contributed by atoms with Gasteiger partial charge in [-0.1, -0.05) is 12.1 Å².